The number of aromatic carboxylic acids is 1. The molecule has 1 N–H and O–H groups in total. The number of carbonyl (C=O) groups is 1. The molecule has 1 aromatic carbocycles. The van der Waals surface area contributed by atoms with Crippen molar-refractivity contribution >= 4 is 17.6 Å². The standard InChI is InChI=1S/C10H4ClF2NO3/c11-5-1-4(2-6(12)9(5)13)7-3-8(10(15)16)17-14-7/h1-3H,(H,15,16). The number of carboxylic acid groups (broad SMARTS) is 1. The lowest BCUT2D eigenvalue weighted by Crippen LogP contribution is -1.91. The van der Waals surface area contributed by atoms with Crippen LogP contribution in [0.2, 0.25) is 5.02 Å². The zero-order valence-corrected chi connectivity index (χ0v) is 8.83. The monoisotopic (exact) mass is 259 g/mol. The van der Waals surface area contributed by atoms with Crippen LogP contribution in [0.4, 0.5) is 8.78 Å². The van der Waals surface area contributed by atoms with Gasteiger partial charge in [-0.15, -0.1) is 0 Å². The van der Waals surface area contributed by atoms with Crippen molar-refractivity contribution in [2.24, 2.45) is 0 Å². The highest BCUT2D eigenvalue weighted by atomic mass is 35.5. The van der Waals surface area contributed by atoms with Gasteiger partial charge in [-0.3, -0.25) is 0 Å². The van der Waals surface area contributed by atoms with Gasteiger partial charge in [-0.25, -0.2) is 13.6 Å². The summed E-state index contributed by atoms with van der Waals surface area (Å²) in [5, 5.41) is 11.6. The van der Waals surface area contributed by atoms with E-state index in [9.17, 15) is 13.6 Å². The predicted octanol–water partition coefficient (Wildman–Crippen LogP) is 2.97. The van der Waals surface area contributed by atoms with Gasteiger partial charge in [-0.05, 0) is 12.1 Å². The first-order valence-corrected chi connectivity index (χ1v) is 4.71. The lowest BCUT2D eigenvalue weighted by molar-refractivity contribution is 0.0652. The van der Waals surface area contributed by atoms with Gasteiger partial charge < -0.3 is 9.63 Å². The van der Waals surface area contributed by atoms with E-state index >= 15 is 0 Å². The molecular weight excluding hydrogens is 256 g/mol. The Labute approximate surface area is 98.4 Å². The lowest BCUT2D eigenvalue weighted by Gasteiger charge is -1.99. The maximum Gasteiger partial charge on any atom is 0.374 e. The maximum absolute atomic E-state index is 13.1. The Kier molecular flexibility index (Phi) is 2.81. The van der Waals surface area contributed by atoms with Crippen LogP contribution in [0.25, 0.3) is 11.3 Å². The molecular formula is C10H4ClF2NO3. The van der Waals surface area contributed by atoms with Crippen LogP contribution in [-0.4, -0.2) is 16.2 Å². The molecule has 2 aromatic rings. The first-order valence-electron chi connectivity index (χ1n) is 4.34. The molecule has 0 fully saturated rings. The van der Waals surface area contributed by atoms with E-state index in [0.717, 1.165) is 18.2 Å². The highest BCUT2D eigenvalue weighted by Crippen LogP contribution is 2.26. The molecule has 0 unspecified atom stereocenters. The summed E-state index contributed by atoms with van der Waals surface area (Å²) in [7, 11) is 0. The van der Waals surface area contributed by atoms with Gasteiger partial charge in [-0.2, -0.15) is 0 Å². The topological polar surface area (TPSA) is 63.3 Å². The fourth-order valence-electron chi connectivity index (χ4n) is 1.22. The molecule has 0 radical (unpaired) electrons. The third-order valence-electron chi connectivity index (χ3n) is 2.00. The number of nitrogens with zero attached hydrogens (tertiary/aromatic N) is 1. The normalized spacial score (nSPS) is 10.5. The quantitative estimate of drug-likeness (QED) is 0.842. The van der Waals surface area contributed by atoms with E-state index in [1.54, 1.807) is 0 Å². The summed E-state index contributed by atoms with van der Waals surface area (Å²) in [4.78, 5) is 10.5. The Bertz CT molecular complexity index is 574. The van der Waals surface area contributed by atoms with Crippen molar-refractivity contribution in [3.63, 3.8) is 0 Å². The van der Waals surface area contributed by atoms with Crippen molar-refractivity contribution < 1.29 is 23.2 Å². The van der Waals surface area contributed by atoms with Crippen molar-refractivity contribution in [3.8, 4) is 11.3 Å². The number of benzene rings is 1. The zero-order valence-electron chi connectivity index (χ0n) is 8.08. The predicted molar refractivity (Wildman–Crippen MR) is 53.8 cm³/mol. The number of halogens is 3. The zero-order chi connectivity index (χ0) is 12.6. The van der Waals surface area contributed by atoms with Gasteiger partial charge in [0.2, 0.25) is 5.76 Å². The first-order chi connectivity index (χ1) is 7.99. The number of hydrogen-bond acceptors (Lipinski definition) is 3. The fraction of sp³-hybridized carbons (Fsp3) is 0. The van der Waals surface area contributed by atoms with E-state index in [2.05, 4.69) is 9.68 Å². The third kappa shape index (κ3) is 2.12. The van der Waals surface area contributed by atoms with Crippen molar-refractivity contribution in [2.45, 2.75) is 0 Å². The molecule has 0 bridgehead atoms. The molecule has 0 aliphatic carbocycles. The van der Waals surface area contributed by atoms with Crippen molar-refractivity contribution in [3.05, 3.63) is 40.6 Å². The number of carboxylic acids is 1. The average Bonchev–Trinajstić information content (AvgIpc) is 2.74. The highest BCUT2D eigenvalue weighted by molar-refractivity contribution is 6.31. The first kappa shape index (κ1) is 11.5. The van der Waals surface area contributed by atoms with Gasteiger partial charge in [0.25, 0.3) is 0 Å². The molecule has 0 atom stereocenters. The molecule has 0 amide bonds. The Hall–Kier alpha value is -1.95. The van der Waals surface area contributed by atoms with Gasteiger partial charge in [0, 0.05) is 11.6 Å². The van der Waals surface area contributed by atoms with Crippen LogP contribution in [0.3, 0.4) is 0 Å². The summed E-state index contributed by atoms with van der Waals surface area (Å²) in [6.45, 7) is 0. The maximum atomic E-state index is 13.1. The number of aromatic nitrogens is 1. The SMILES string of the molecule is O=C(O)c1cc(-c2cc(F)c(F)c(Cl)c2)no1. The minimum absolute atomic E-state index is 0.0585. The second-order valence-corrected chi connectivity index (χ2v) is 3.54. The van der Waals surface area contributed by atoms with Crippen molar-refractivity contribution in [2.75, 3.05) is 0 Å². The van der Waals surface area contributed by atoms with Gasteiger partial charge in [0.15, 0.2) is 11.6 Å². The second-order valence-electron chi connectivity index (χ2n) is 3.14. The third-order valence-corrected chi connectivity index (χ3v) is 2.28. The number of rotatable bonds is 2. The Morgan fingerprint density at radius 2 is 2.06 bits per heavy atom. The van der Waals surface area contributed by atoms with Crippen molar-refractivity contribution in [1.29, 1.82) is 0 Å². The fourth-order valence-corrected chi connectivity index (χ4v) is 1.42. The number of hydrogen-bond donors (Lipinski definition) is 1. The molecule has 17 heavy (non-hydrogen) atoms. The molecule has 1 heterocycles. The summed E-state index contributed by atoms with van der Waals surface area (Å²) >= 11 is 5.45. The average molecular weight is 260 g/mol. The minimum atomic E-state index is -1.31. The van der Waals surface area contributed by atoms with Gasteiger partial charge in [0.1, 0.15) is 5.69 Å². The van der Waals surface area contributed by atoms with Crippen LogP contribution < -0.4 is 0 Å². The van der Waals surface area contributed by atoms with E-state index in [0.29, 0.717) is 0 Å². The van der Waals surface area contributed by atoms with Crippen LogP contribution in [0.15, 0.2) is 22.7 Å². The van der Waals surface area contributed by atoms with Crippen LogP contribution >= 0.6 is 11.6 Å². The molecule has 7 heteroatoms. The molecule has 0 spiro atoms. The second kappa shape index (κ2) is 4.14. The Morgan fingerprint density at radius 1 is 1.35 bits per heavy atom. The van der Waals surface area contributed by atoms with Gasteiger partial charge in [-0.1, -0.05) is 16.8 Å². The van der Waals surface area contributed by atoms with Gasteiger partial charge in [0.05, 0.1) is 5.02 Å². The molecule has 0 saturated heterocycles. The summed E-state index contributed by atoms with van der Waals surface area (Å²) in [6, 6.07) is 3.07. The Morgan fingerprint density at radius 3 is 2.59 bits per heavy atom. The van der Waals surface area contributed by atoms with E-state index < -0.39 is 28.4 Å². The molecule has 2 rings (SSSR count). The summed E-state index contributed by atoms with van der Waals surface area (Å²) in [6.07, 6.45) is 0. The minimum Gasteiger partial charge on any atom is -0.475 e. The van der Waals surface area contributed by atoms with Crippen LogP contribution in [0.1, 0.15) is 10.6 Å². The van der Waals surface area contributed by atoms with E-state index in [1.165, 1.54) is 0 Å². The van der Waals surface area contributed by atoms with Crippen molar-refractivity contribution in [1.82, 2.24) is 5.16 Å². The molecule has 88 valence electrons. The largest absolute Gasteiger partial charge is 0.475 e. The van der Waals surface area contributed by atoms with E-state index in [-0.39, 0.29) is 11.3 Å². The molecule has 4 nitrogen and oxygen atoms in total. The molecule has 0 saturated carbocycles. The van der Waals surface area contributed by atoms with Crippen LogP contribution in [0, 0.1) is 11.6 Å². The highest BCUT2D eigenvalue weighted by Gasteiger charge is 2.15. The molecule has 0 aliphatic rings. The van der Waals surface area contributed by atoms with E-state index in [4.69, 9.17) is 16.7 Å². The van der Waals surface area contributed by atoms with E-state index in [1.807, 2.05) is 0 Å². The summed E-state index contributed by atoms with van der Waals surface area (Å²) < 4.78 is 30.5. The summed E-state index contributed by atoms with van der Waals surface area (Å²) in [5.74, 6) is -4.02. The van der Waals surface area contributed by atoms with Crippen LogP contribution in [-0.2, 0) is 0 Å². The summed E-state index contributed by atoms with van der Waals surface area (Å²) in [5.41, 5.74) is 0.188. The molecule has 0 aliphatic heterocycles. The van der Waals surface area contributed by atoms with Gasteiger partial charge >= 0.3 is 5.97 Å². The lowest BCUT2D eigenvalue weighted by atomic mass is 10.1. The Balaban J connectivity index is 2.49. The smallest absolute Gasteiger partial charge is 0.374 e. The van der Waals surface area contributed by atoms with Crippen LogP contribution in [0.5, 0.6) is 0 Å². The molecule has 1 aromatic heterocycles.